The molecule has 112 valence electrons. The molecule has 0 radical (unpaired) electrons. The Morgan fingerprint density at radius 3 is 2.36 bits per heavy atom. The van der Waals surface area contributed by atoms with E-state index in [4.69, 9.17) is 0 Å². The number of nitrogens with one attached hydrogen (secondary N) is 1. The Bertz CT molecular complexity index is 754. The minimum absolute atomic E-state index is 0.00494. The van der Waals surface area contributed by atoms with Gasteiger partial charge in [0.05, 0.1) is 16.2 Å². The Hall–Kier alpha value is -3.09. The number of carbonyl (C=O) groups excluding carboxylic acids is 2. The summed E-state index contributed by atoms with van der Waals surface area (Å²) >= 11 is 0. The lowest BCUT2D eigenvalue weighted by Crippen LogP contribution is -2.31. The summed E-state index contributed by atoms with van der Waals surface area (Å²) in [6, 6.07) is 7.78. The van der Waals surface area contributed by atoms with Crippen LogP contribution in [0.5, 0.6) is 0 Å². The maximum atomic E-state index is 12.1. The summed E-state index contributed by atoms with van der Waals surface area (Å²) in [5.74, 6) is -1.30. The van der Waals surface area contributed by atoms with Crippen LogP contribution in [0.1, 0.15) is 32.0 Å². The zero-order chi connectivity index (χ0) is 16.3. The lowest BCUT2D eigenvalue weighted by Gasteiger charge is -2.06. The summed E-state index contributed by atoms with van der Waals surface area (Å²) < 4.78 is 0. The van der Waals surface area contributed by atoms with Gasteiger partial charge in [0, 0.05) is 11.6 Å². The standard InChI is InChI=1S/C15H13N3O4/c1-9-3-5-11(6-4-9)14(19)17-15(20)13-7-12(18(21)22)8-16-10(13)2/h3-8H,1-2H3,(H,17,19,20). The summed E-state index contributed by atoms with van der Waals surface area (Å²) in [6.45, 7) is 3.42. The Kier molecular flexibility index (Phi) is 4.26. The maximum absolute atomic E-state index is 12.1. The first-order valence-electron chi connectivity index (χ1n) is 6.42. The summed E-state index contributed by atoms with van der Waals surface area (Å²) in [5, 5.41) is 12.9. The first-order chi connectivity index (χ1) is 10.4. The molecule has 7 nitrogen and oxygen atoms in total. The second-order valence-corrected chi connectivity index (χ2v) is 4.73. The Balaban J connectivity index is 2.22. The quantitative estimate of drug-likeness (QED) is 0.531. The van der Waals surface area contributed by atoms with E-state index in [1.807, 2.05) is 6.92 Å². The third-order valence-electron chi connectivity index (χ3n) is 3.07. The van der Waals surface area contributed by atoms with Crippen molar-refractivity contribution in [3.63, 3.8) is 0 Å². The molecule has 0 bridgehead atoms. The molecular formula is C15H13N3O4. The first kappa shape index (κ1) is 15.3. The number of nitro groups is 1. The van der Waals surface area contributed by atoms with Gasteiger partial charge >= 0.3 is 0 Å². The lowest BCUT2D eigenvalue weighted by atomic mass is 10.1. The van der Waals surface area contributed by atoms with Crippen molar-refractivity contribution < 1.29 is 14.5 Å². The van der Waals surface area contributed by atoms with Crippen LogP contribution in [-0.2, 0) is 0 Å². The molecule has 7 heteroatoms. The molecule has 0 saturated carbocycles. The highest BCUT2D eigenvalue weighted by atomic mass is 16.6. The third-order valence-corrected chi connectivity index (χ3v) is 3.07. The number of nitrogens with zero attached hydrogens (tertiary/aromatic N) is 2. The lowest BCUT2D eigenvalue weighted by molar-refractivity contribution is -0.385. The number of aromatic nitrogens is 1. The number of benzene rings is 1. The average molecular weight is 299 g/mol. The van der Waals surface area contributed by atoms with E-state index in [1.165, 1.54) is 6.92 Å². The highest BCUT2D eigenvalue weighted by Crippen LogP contribution is 2.14. The molecule has 0 fully saturated rings. The summed E-state index contributed by atoms with van der Waals surface area (Å²) in [7, 11) is 0. The van der Waals surface area contributed by atoms with Crippen molar-refractivity contribution in [3.8, 4) is 0 Å². The van der Waals surface area contributed by atoms with E-state index in [2.05, 4.69) is 10.3 Å². The molecule has 0 atom stereocenters. The predicted molar refractivity (Wildman–Crippen MR) is 78.6 cm³/mol. The largest absolute Gasteiger partial charge is 0.288 e. The molecule has 0 aliphatic rings. The van der Waals surface area contributed by atoms with Gasteiger partial charge in [-0.05, 0) is 26.0 Å². The third kappa shape index (κ3) is 3.32. The Morgan fingerprint density at radius 2 is 1.77 bits per heavy atom. The molecule has 22 heavy (non-hydrogen) atoms. The van der Waals surface area contributed by atoms with Crippen molar-refractivity contribution in [1.29, 1.82) is 0 Å². The van der Waals surface area contributed by atoms with Gasteiger partial charge < -0.3 is 0 Å². The topological polar surface area (TPSA) is 102 Å². The molecule has 2 rings (SSSR count). The average Bonchev–Trinajstić information content (AvgIpc) is 2.47. The molecule has 0 unspecified atom stereocenters. The number of carbonyl (C=O) groups is 2. The van der Waals surface area contributed by atoms with Crippen LogP contribution in [0.3, 0.4) is 0 Å². The molecule has 1 heterocycles. The van der Waals surface area contributed by atoms with Crippen LogP contribution >= 0.6 is 0 Å². The molecule has 1 aromatic heterocycles. The van der Waals surface area contributed by atoms with Crippen LogP contribution in [0.2, 0.25) is 0 Å². The van der Waals surface area contributed by atoms with Gasteiger partial charge in [-0.25, -0.2) is 0 Å². The van der Waals surface area contributed by atoms with Crippen LogP contribution < -0.4 is 5.32 Å². The molecule has 1 N–H and O–H groups in total. The van der Waals surface area contributed by atoms with E-state index in [0.29, 0.717) is 11.3 Å². The van der Waals surface area contributed by atoms with Crippen LogP contribution in [-0.4, -0.2) is 21.7 Å². The number of amides is 2. The van der Waals surface area contributed by atoms with Gasteiger partial charge in [0.2, 0.25) is 0 Å². The maximum Gasteiger partial charge on any atom is 0.288 e. The monoisotopic (exact) mass is 299 g/mol. The fraction of sp³-hybridized carbons (Fsp3) is 0.133. The number of hydrogen-bond acceptors (Lipinski definition) is 5. The SMILES string of the molecule is Cc1ccc(C(=O)NC(=O)c2cc([N+](=O)[O-])cnc2C)cc1. The molecule has 0 aliphatic heterocycles. The first-order valence-corrected chi connectivity index (χ1v) is 6.42. The number of hydrogen-bond donors (Lipinski definition) is 1. The van der Waals surface area contributed by atoms with E-state index >= 15 is 0 Å². The van der Waals surface area contributed by atoms with Gasteiger partial charge in [-0.2, -0.15) is 0 Å². The molecule has 0 spiro atoms. The van der Waals surface area contributed by atoms with Crippen molar-refractivity contribution in [2.75, 3.05) is 0 Å². The van der Waals surface area contributed by atoms with Crippen molar-refractivity contribution in [2.24, 2.45) is 0 Å². The van der Waals surface area contributed by atoms with Gasteiger partial charge in [0.15, 0.2) is 0 Å². The molecule has 0 saturated heterocycles. The van der Waals surface area contributed by atoms with E-state index < -0.39 is 16.7 Å². The fourth-order valence-electron chi connectivity index (χ4n) is 1.80. The van der Waals surface area contributed by atoms with Crippen LogP contribution in [0.25, 0.3) is 0 Å². The molecule has 0 aliphatic carbocycles. The number of rotatable bonds is 3. The summed E-state index contributed by atoms with van der Waals surface area (Å²) in [6.07, 6.45) is 1.06. The van der Waals surface area contributed by atoms with Gasteiger partial charge in [-0.3, -0.25) is 30.0 Å². The van der Waals surface area contributed by atoms with Gasteiger partial charge in [0.25, 0.3) is 17.5 Å². The molecule has 2 amide bonds. The van der Waals surface area contributed by atoms with E-state index in [9.17, 15) is 19.7 Å². The summed E-state index contributed by atoms with van der Waals surface area (Å²) in [4.78, 5) is 38.0. The van der Waals surface area contributed by atoms with E-state index in [-0.39, 0.29) is 11.3 Å². The second kappa shape index (κ2) is 6.13. The molecular weight excluding hydrogens is 286 g/mol. The van der Waals surface area contributed by atoms with E-state index in [0.717, 1.165) is 17.8 Å². The zero-order valence-corrected chi connectivity index (χ0v) is 12.0. The second-order valence-electron chi connectivity index (χ2n) is 4.73. The Labute approximate surface area is 126 Å². The number of aryl methyl sites for hydroxylation is 2. The minimum Gasteiger partial charge on any atom is -0.288 e. The highest BCUT2D eigenvalue weighted by Gasteiger charge is 2.18. The normalized spacial score (nSPS) is 10.1. The number of pyridine rings is 1. The zero-order valence-electron chi connectivity index (χ0n) is 12.0. The van der Waals surface area contributed by atoms with Crippen LogP contribution in [0.4, 0.5) is 5.69 Å². The van der Waals surface area contributed by atoms with E-state index in [1.54, 1.807) is 24.3 Å². The van der Waals surface area contributed by atoms with Crippen molar-refractivity contribution in [2.45, 2.75) is 13.8 Å². The highest BCUT2D eigenvalue weighted by molar-refractivity contribution is 6.10. The molecule has 2 aromatic rings. The minimum atomic E-state index is -0.723. The van der Waals surface area contributed by atoms with Gasteiger partial charge in [0.1, 0.15) is 6.20 Å². The smallest absolute Gasteiger partial charge is 0.288 e. The number of imide groups is 1. The van der Waals surface area contributed by atoms with Gasteiger partial charge in [-0.1, -0.05) is 17.7 Å². The van der Waals surface area contributed by atoms with Gasteiger partial charge in [-0.15, -0.1) is 0 Å². The van der Waals surface area contributed by atoms with Crippen LogP contribution in [0, 0.1) is 24.0 Å². The van der Waals surface area contributed by atoms with Crippen LogP contribution in [0.15, 0.2) is 36.5 Å². The van der Waals surface area contributed by atoms with Crippen molar-refractivity contribution in [3.05, 3.63) is 69.0 Å². The van der Waals surface area contributed by atoms with Crippen molar-refractivity contribution >= 4 is 17.5 Å². The fourth-order valence-corrected chi connectivity index (χ4v) is 1.80. The van der Waals surface area contributed by atoms with Crippen molar-refractivity contribution in [1.82, 2.24) is 10.3 Å². The predicted octanol–water partition coefficient (Wildman–Crippen LogP) is 2.18. The summed E-state index contributed by atoms with van der Waals surface area (Å²) in [5.41, 5.74) is 1.31. The Morgan fingerprint density at radius 1 is 1.14 bits per heavy atom. The molecule has 1 aromatic carbocycles.